The molecule has 2 atom stereocenters. The molecule has 0 heterocycles. The Morgan fingerprint density at radius 2 is 1.94 bits per heavy atom. The first-order valence-electron chi connectivity index (χ1n) is 6.23. The summed E-state index contributed by atoms with van der Waals surface area (Å²) in [6.07, 6.45) is 0.162. The number of carbonyl (C=O) groups excluding carboxylic acids is 1. The van der Waals surface area contributed by atoms with Crippen LogP contribution in [0.25, 0.3) is 0 Å². The zero-order chi connectivity index (χ0) is 14.1. The third-order valence-corrected chi connectivity index (χ3v) is 3.66. The summed E-state index contributed by atoms with van der Waals surface area (Å²) in [6.45, 7) is 9.74. The molecule has 18 heavy (non-hydrogen) atoms. The second-order valence-corrected chi connectivity index (χ2v) is 6.53. The molecule has 104 valence electrons. The number of carbonyl (C=O) groups is 2. The van der Waals surface area contributed by atoms with Gasteiger partial charge < -0.3 is 15.2 Å². The van der Waals surface area contributed by atoms with E-state index in [4.69, 9.17) is 9.84 Å². The fourth-order valence-electron chi connectivity index (χ4n) is 2.30. The molecule has 5 heteroatoms. The highest BCUT2D eigenvalue weighted by Crippen LogP contribution is 2.50. The molecule has 1 saturated carbocycles. The van der Waals surface area contributed by atoms with Crippen molar-refractivity contribution in [3.63, 3.8) is 0 Å². The van der Waals surface area contributed by atoms with Gasteiger partial charge in [-0.05, 0) is 38.5 Å². The van der Waals surface area contributed by atoms with E-state index in [2.05, 4.69) is 5.32 Å². The molecule has 0 saturated heterocycles. The molecule has 5 nitrogen and oxygen atoms in total. The topological polar surface area (TPSA) is 75.6 Å². The molecule has 1 aliphatic carbocycles. The largest absolute Gasteiger partial charge is 0.481 e. The Labute approximate surface area is 108 Å². The number of hydrogen-bond acceptors (Lipinski definition) is 3. The first kappa shape index (κ1) is 14.8. The minimum absolute atomic E-state index is 0.186. The van der Waals surface area contributed by atoms with Gasteiger partial charge in [-0.3, -0.25) is 4.79 Å². The maximum atomic E-state index is 11.5. The summed E-state index contributed by atoms with van der Waals surface area (Å²) in [5, 5.41) is 11.7. The monoisotopic (exact) mass is 257 g/mol. The average Bonchev–Trinajstić information content (AvgIpc) is 2.12. The molecule has 0 unspecified atom stereocenters. The summed E-state index contributed by atoms with van der Waals surface area (Å²) >= 11 is 0. The molecule has 1 amide bonds. The molecule has 1 fully saturated rings. The molecular weight excluding hydrogens is 234 g/mol. The second-order valence-electron chi connectivity index (χ2n) is 6.53. The molecule has 0 bridgehead atoms. The van der Waals surface area contributed by atoms with E-state index < -0.39 is 17.7 Å². The van der Waals surface area contributed by atoms with Crippen molar-refractivity contribution in [3.05, 3.63) is 0 Å². The van der Waals surface area contributed by atoms with Crippen molar-refractivity contribution in [2.45, 2.75) is 46.6 Å². The lowest BCUT2D eigenvalue weighted by Gasteiger charge is -2.50. The van der Waals surface area contributed by atoms with Crippen LogP contribution in [0.2, 0.25) is 0 Å². The lowest BCUT2D eigenvalue weighted by molar-refractivity contribution is -0.158. The van der Waals surface area contributed by atoms with Gasteiger partial charge in [0.15, 0.2) is 0 Å². The average molecular weight is 257 g/mol. The van der Waals surface area contributed by atoms with Crippen LogP contribution in [0, 0.1) is 17.3 Å². The normalized spacial score (nSPS) is 26.1. The number of aliphatic carboxylic acids is 1. The lowest BCUT2D eigenvalue weighted by atomic mass is 9.55. The number of carboxylic acids is 1. The van der Waals surface area contributed by atoms with E-state index in [1.807, 2.05) is 13.8 Å². The van der Waals surface area contributed by atoms with Gasteiger partial charge in [-0.1, -0.05) is 13.8 Å². The Morgan fingerprint density at radius 1 is 1.39 bits per heavy atom. The molecule has 2 N–H and O–H groups in total. The van der Waals surface area contributed by atoms with Gasteiger partial charge in [0, 0.05) is 6.54 Å². The highest BCUT2D eigenvalue weighted by Gasteiger charge is 2.51. The predicted molar refractivity (Wildman–Crippen MR) is 67.3 cm³/mol. The summed E-state index contributed by atoms with van der Waals surface area (Å²) < 4.78 is 5.13. The molecule has 0 aliphatic heterocycles. The predicted octanol–water partition coefficient (Wildman–Crippen LogP) is 2.26. The fraction of sp³-hybridized carbons (Fsp3) is 0.846. The van der Waals surface area contributed by atoms with Gasteiger partial charge in [0.25, 0.3) is 0 Å². The van der Waals surface area contributed by atoms with Crippen molar-refractivity contribution in [3.8, 4) is 0 Å². The SMILES string of the molecule is CC(C)(C)OC(=O)NC[C@@H]1C[C@H](C(=O)O)C1(C)C. The van der Waals surface area contributed by atoms with Gasteiger partial charge in [-0.25, -0.2) is 4.79 Å². The lowest BCUT2D eigenvalue weighted by Crippen LogP contribution is -2.53. The zero-order valence-electron chi connectivity index (χ0n) is 11.7. The van der Waals surface area contributed by atoms with E-state index in [9.17, 15) is 9.59 Å². The Kier molecular flexibility index (Phi) is 3.93. The van der Waals surface area contributed by atoms with Crippen LogP contribution < -0.4 is 5.32 Å². The van der Waals surface area contributed by atoms with Crippen LogP contribution in [0.4, 0.5) is 4.79 Å². The first-order chi connectivity index (χ1) is 8.04. The zero-order valence-corrected chi connectivity index (χ0v) is 11.7. The van der Waals surface area contributed by atoms with E-state index >= 15 is 0 Å². The number of alkyl carbamates (subject to hydrolysis) is 1. The van der Waals surface area contributed by atoms with Crippen LogP contribution in [-0.2, 0) is 9.53 Å². The van der Waals surface area contributed by atoms with Gasteiger partial charge in [-0.15, -0.1) is 0 Å². The summed E-state index contributed by atoms with van der Waals surface area (Å²) in [5.74, 6) is -0.887. The van der Waals surface area contributed by atoms with E-state index in [0.29, 0.717) is 13.0 Å². The van der Waals surface area contributed by atoms with Crippen LogP contribution in [-0.4, -0.2) is 29.3 Å². The minimum atomic E-state index is -0.756. The van der Waals surface area contributed by atoms with Crippen molar-refractivity contribution in [1.29, 1.82) is 0 Å². The molecule has 0 aromatic rings. The van der Waals surface area contributed by atoms with E-state index in [1.165, 1.54) is 0 Å². The van der Waals surface area contributed by atoms with Gasteiger partial charge in [0.05, 0.1) is 5.92 Å². The molecule has 0 spiro atoms. The third-order valence-electron chi connectivity index (χ3n) is 3.66. The van der Waals surface area contributed by atoms with Crippen LogP contribution in [0.15, 0.2) is 0 Å². The molecule has 0 aromatic heterocycles. The number of hydrogen-bond donors (Lipinski definition) is 2. The number of amides is 1. The number of carboxylic acid groups (broad SMARTS) is 1. The van der Waals surface area contributed by atoms with E-state index in [0.717, 1.165) is 0 Å². The molecular formula is C13H23NO4. The summed E-state index contributed by atoms with van der Waals surface area (Å²) in [7, 11) is 0. The molecule has 0 aromatic carbocycles. The minimum Gasteiger partial charge on any atom is -0.481 e. The third kappa shape index (κ3) is 3.37. The van der Waals surface area contributed by atoms with E-state index in [-0.39, 0.29) is 17.3 Å². The second kappa shape index (κ2) is 4.78. The maximum absolute atomic E-state index is 11.5. The Balaban J connectivity index is 2.39. The van der Waals surface area contributed by atoms with Gasteiger partial charge in [0.1, 0.15) is 5.60 Å². The Morgan fingerprint density at radius 3 is 2.33 bits per heavy atom. The van der Waals surface area contributed by atoms with E-state index in [1.54, 1.807) is 20.8 Å². The number of rotatable bonds is 3. The Hall–Kier alpha value is -1.26. The molecule has 1 aliphatic rings. The summed E-state index contributed by atoms with van der Waals surface area (Å²) in [4.78, 5) is 22.4. The van der Waals surface area contributed by atoms with Crippen molar-refractivity contribution in [2.75, 3.05) is 6.54 Å². The van der Waals surface area contributed by atoms with Crippen molar-refractivity contribution >= 4 is 12.1 Å². The van der Waals surface area contributed by atoms with Crippen molar-refractivity contribution in [2.24, 2.45) is 17.3 Å². The van der Waals surface area contributed by atoms with Gasteiger partial charge in [-0.2, -0.15) is 0 Å². The number of nitrogens with one attached hydrogen (secondary N) is 1. The summed E-state index contributed by atoms with van der Waals surface area (Å²) in [6, 6.07) is 0. The first-order valence-corrected chi connectivity index (χ1v) is 6.23. The van der Waals surface area contributed by atoms with Crippen molar-refractivity contribution < 1.29 is 19.4 Å². The maximum Gasteiger partial charge on any atom is 0.407 e. The summed E-state index contributed by atoms with van der Waals surface area (Å²) in [5.41, 5.74) is -0.788. The molecule has 1 rings (SSSR count). The quantitative estimate of drug-likeness (QED) is 0.813. The van der Waals surface area contributed by atoms with Gasteiger partial charge in [0.2, 0.25) is 0 Å². The standard InChI is InChI=1S/C13H23NO4/c1-12(2,3)18-11(17)14-7-8-6-9(10(15)16)13(8,4)5/h8-9H,6-7H2,1-5H3,(H,14,17)(H,15,16)/t8-,9+/m0/s1. The van der Waals surface area contributed by atoms with Crippen LogP contribution in [0.5, 0.6) is 0 Å². The Bertz CT molecular complexity index is 343. The van der Waals surface area contributed by atoms with Crippen LogP contribution >= 0.6 is 0 Å². The smallest absolute Gasteiger partial charge is 0.407 e. The van der Waals surface area contributed by atoms with Crippen molar-refractivity contribution in [1.82, 2.24) is 5.32 Å². The highest BCUT2D eigenvalue weighted by atomic mass is 16.6. The molecule has 0 radical (unpaired) electrons. The highest BCUT2D eigenvalue weighted by molar-refractivity contribution is 5.72. The van der Waals surface area contributed by atoms with Crippen LogP contribution in [0.1, 0.15) is 41.0 Å². The fourth-order valence-corrected chi connectivity index (χ4v) is 2.30. The number of ether oxygens (including phenoxy) is 1. The van der Waals surface area contributed by atoms with Gasteiger partial charge >= 0.3 is 12.1 Å². The van der Waals surface area contributed by atoms with Crippen LogP contribution in [0.3, 0.4) is 0 Å².